The third kappa shape index (κ3) is 25.5. The fraction of sp³-hybridized carbons (Fsp3) is 0.333. The molecular weight excluding hydrogens is 951 g/mol. The number of hydrogen-bond donors (Lipinski definition) is 2. The quantitative estimate of drug-likeness (QED) is 0.0828. The molecule has 0 amide bonds. The van der Waals surface area contributed by atoms with Gasteiger partial charge in [0.05, 0.1) is 18.7 Å². The molecule has 0 aliphatic heterocycles. The van der Waals surface area contributed by atoms with E-state index in [9.17, 15) is 38.4 Å². The van der Waals surface area contributed by atoms with Crippen LogP contribution >= 0.6 is 24.0 Å². The van der Waals surface area contributed by atoms with Gasteiger partial charge in [-0.1, -0.05) is 62.4 Å². The molecule has 2 N–H and O–H groups in total. The fourth-order valence-corrected chi connectivity index (χ4v) is 5.53. The van der Waals surface area contributed by atoms with Crippen LogP contribution in [0, 0.1) is 0 Å². The lowest BCUT2D eigenvalue weighted by atomic mass is 10.2. The zero-order chi connectivity index (χ0) is 49.6. The van der Waals surface area contributed by atoms with Crippen LogP contribution in [0.25, 0.3) is 0 Å². The minimum Gasteiger partial charge on any atom is -1.00 e. The van der Waals surface area contributed by atoms with E-state index in [0.29, 0.717) is 19.8 Å². The minimum absolute atomic E-state index is 0. The number of quaternary nitrogens is 1. The summed E-state index contributed by atoms with van der Waals surface area (Å²) in [6.45, 7) is 19.3. The number of para-hydroxylation sites is 4. The molecule has 17 nitrogen and oxygen atoms in total. The molecule has 0 heterocycles. The van der Waals surface area contributed by atoms with Crippen LogP contribution in [0.5, 0.6) is 23.0 Å². The Morgan fingerprint density at radius 3 is 1.15 bits per heavy atom. The lowest BCUT2D eigenvalue weighted by molar-refractivity contribution is -0.896. The van der Waals surface area contributed by atoms with Gasteiger partial charge in [-0.3, -0.25) is 24.0 Å². The van der Waals surface area contributed by atoms with Crippen LogP contribution in [0.1, 0.15) is 96.8 Å². The minimum atomic E-state index is -1.11. The Morgan fingerprint density at radius 2 is 0.824 bits per heavy atom. The molecule has 68 heavy (non-hydrogen) atoms. The highest BCUT2D eigenvalue weighted by Gasteiger charge is 2.17. The Morgan fingerprint density at radius 1 is 0.515 bits per heavy atom. The predicted octanol–water partition coefficient (Wildman–Crippen LogP) is 3.53. The molecule has 0 aromatic heterocycles. The molecule has 0 bridgehead atoms. The van der Waals surface area contributed by atoms with Crippen molar-refractivity contribution >= 4 is 71.0 Å². The number of carbonyl (C=O) groups is 8. The Kier molecular flexibility index (Phi) is 33.5. The topological polar surface area (TPSA) is 220 Å². The number of ether oxygens (including phenoxy) is 6. The van der Waals surface area contributed by atoms with Crippen molar-refractivity contribution in [3.63, 3.8) is 0 Å². The first-order valence-corrected chi connectivity index (χ1v) is 21.2. The van der Waals surface area contributed by atoms with E-state index in [0.717, 1.165) is 32.7 Å². The molecule has 20 heteroatoms. The van der Waals surface area contributed by atoms with E-state index >= 15 is 0 Å². The molecule has 0 atom stereocenters. The normalized spacial score (nSPS) is 9.69. The van der Waals surface area contributed by atoms with Crippen molar-refractivity contribution < 1.29 is 89.2 Å². The van der Waals surface area contributed by atoms with Crippen molar-refractivity contribution in [3.8, 4) is 23.0 Å². The molecule has 0 spiro atoms. The van der Waals surface area contributed by atoms with Gasteiger partial charge in [-0.25, -0.2) is 14.4 Å². The van der Waals surface area contributed by atoms with Crippen LogP contribution in [0.3, 0.4) is 0 Å². The van der Waals surface area contributed by atoms with Gasteiger partial charge in [0.2, 0.25) is 0 Å². The van der Waals surface area contributed by atoms with Crippen molar-refractivity contribution in [1.82, 2.24) is 4.90 Å². The number of hydrogen-bond acceptors (Lipinski definition) is 15. The van der Waals surface area contributed by atoms with Crippen molar-refractivity contribution in [2.24, 2.45) is 0 Å². The van der Waals surface area contributed by atoms with Crippen LogP contribution in [-0.4, -0.2) is 110 Å². The Hall–Kier alpha value is -6.37. The number of likely N-dealkylation sites (N-methyl/N-ethyl adjacent to an activating group) is 2. The third-order valence-electron chi connectivity index (χ3n) is 8.67. The number of esters is 6. The van der Waals surface area contributed by atoms with Crippen molar-refractivity contribution in [3.05, 3.63) is 119 Å². The summed E-state index contributed by atoms with van der Waals surface area (Å²) in [5, 5.41) is 8.05. The summed E-state index contributed by atoms with van der Waals surface area (Å²) in [6.07, 6.45) is 0. The summed E-state index contributed by atoms with van der Waals surface area (Å²) in [6, 6.07) is 25.4. The highest BCUT2D eigenvalue weighted by Crippen LogP contribution is 2.22. The van der Waals surface area contributed by atoms with Crippen LogP contribution in [0.15, 0.2) is 97.1 Å². The van der Waals surface area contributed by atoms with E-state index in [1.54, 1.807) is 72.8 Å². The summed E-state index contributed by atoms with van der Waals surface area (Å²) < 4.78 is 29.9. The Balaban J connectivity index is 0. The monoisotopic (exact) mass is 1010 g/mol. The number of benzene rings is 4. The van der Waals surface area contributed by atoms with E-state index in [1.807, 2.05) is 0 Å². The smallest absolute Gasteiger partial charge is 0.342 e. The first-order valence-electron chi connectivity index (χ1n) is 20.8. The number of aromatic carboxylic acids is 1. The summed E-state index contributed by atoms with van der Waals surface area (Å²) in [5.41, 5.74) is 0.719. The molecule has 4 aromatic rings. The standard InChI is InChI=1S/2C15H21NO4.C9H7ClO3.C9H8O4.2ClH/c2*1-4-16(5-2)10-11-19-15(18)13-8-6-7-9-14(13)20-12(3)17;1-6(11)13-8-5-3-2-4-7(8)9(10)12;1-6(10)13-8-5-3-2-4-7(8)9(11)12;;/h2*6-9H,4-5,10-11H2,1-3H3;2-5H,1H3;2-5H,1H3,(H,11,12);2*1H. The maximum absolute atomic E-state index is 12.0. The second kappa shape index (κ2) is 35.8. The molecule has 0 saturated heterocycles. The molecule has 0 radical (unpaired) electrons. The number of carboxylic acids is 1. The first kappa shape index (κ1) is 63.7. The summed E-state index contributed by atoms with van der Waals surface area (Å²) in [7, 11) is 0. The number of carbonyl (C=O) groups excluding carboxylic acids is 7. The first-order chi connectivity index (χ1) is 31.4. The average molecular weight is 1010 g/mol. The van der Waals surface area contributed by atoms with Gasteiger partial charge in [0.15, 0.2) is 0 Å². The van der Waals surface area contributed by atoms with E-state index in [-0.39, 0.29) is 70.1 Å². The third-order valence-corrected chi connectivity index (χ3v) is 8.87. The molecule has 0 aliphatic carbocycles. The van der Waals surface area contributed by atoms with Crippen LogP contribution in [0.2, 0.25) is 0 Å². The van der Waals surface area contributed by atoms with Gasteiger partial charge in [0.25, 0.3) is 5.24 Å². The zero-order valence-electron chi connectivity index (χ0n) is 39.2. The number of nitrogens with one attached hydrogen (secondary N) is 1. The van der Waals surface area contributed by atoms with Crippen molar-refractivity contribution in [2.75, 3.05) is 52.5 Å². The van der Waals surface area contributed by atoms with E-state index in [4.69, 9.17) is 40.4 Å². The number of nitrogens with zero attached hydrogens (tertiary/aromatic N) is 1. The maximum atomic E-state index is 12.0. The second-order valence-electron chi connectivity index (χ2n) is 13.4. The van der Waals surface area contributed by atoms with Gasteiger partial charge in [-0.15, -0.1) is 12.4 Å². The van der Waals surface area contributed by atoms with E-state index in [2.05, 4.69) is 37.3 Å². The highest BCUT2D eigenvalue weighted by atomic mass is 35.5. The maximum Gasteiger partial charge on any atom is 0.342 e. The van der Waals surface area contributed by atoms with Gasteiger partial charge in [0.1, 0.15) is 59.4 Å². The van der Waals surface area contributed by atoms with E-state index in [1.165, 1.54) is 56.9 Å². The molecule has 0 saturated carbocycles. The van der Waals surface area contributed by atoms with Gasteiger partial charge in [-0.05, 0) is 87.1 Å². The van der Waals surface area contributed by atoms with Crippen LogP contribution in [-0.2, 0) is 28.7 Å². The van der Waals surface area contributed by atoms with Gasteiger partial charge in [-0.2, -0.15) is 0 Å². The molecule has 4 rings (SSSR count). The summed E-state index contributed by atoms with van der Waals surface area (Å²) in [5.74, 6) is -3.27. The highest BCUT2D eigenvalue weighted by molar-refractivity contribution is 6.68. The van der Waals surface area contributed by atoms with Crippen LogP contribution in [0.4, 0.5) is 0 Å². The number of carboxylic acid groups (broad SMARTS) is 1. The molecule has 0 aliphatic rings. The SMILES string of the molecule is CC(=O)Oc1ccccc1C(=O)Cl.CC(=O)Oc1ccccc1C(=O)O.CCN(CC)CCOC(=O)c1ccccc1OC(C)=O.CC[NH+](CC)CCOC(=O)c1ccccc1OC(C)=O.Cl.[Cl-]. The predicted molar refractivity (Wildman–Crippen MR) is 251 cm³/mol. The van der Waals surface area contributed by atoms with Crippen molar-refractivity contribution in [1.29, 1.82) is 0 Å². The lowest BCUT2D eigenvalue weighted by Gasteiger charge is -2.17. The Bertz CT molecular complexity index is 2080. The molecular formula is C48H59Cl3N2O15. The molecule has 0 fully saturated rings. The van der Waals surface area contributed by atoms with Gasteiger partial charge < -0.3 is 55.7 Å². The van der Waals surface area contributed by atoms with E-state index < -0.39 is 47.0 Å². The summed E-state index contributed by atoms with van der Waals surface area (Å²) >= 11 is 5.26. The van der Waals surface area contributed by atoms with Crippen LogP contribution < -0.4 is 36.3 Å². The average Bonchev–Trinajstić information content (AvgIpc) is 3.27. The molecule has 372 valence electrons. The lowest BCUT2D eigenvalue weighted by Crippen LogP contribution is -3.11. The van der Waals surface area contributed by atoms with Gasteiger partial charge in [0, 0.05) is 34.2 Å². The second-order valence-corrected chi connectivity index (χ2v) is 13.8. The number of halogens is 3. The Labute approximate surface area is 413 Å². The van der Waals surface area contributed by atoms with Gasteiger partial charge >= 0.3 is 41.8 Å². The number of rotatable bonds is 18. The summed E-state index contributed by atoms with van der Waals surface area (Å²) in [4.78, 5) is 92.1. The van der Waals surface area contributed by atoms with Crippen molar-refractivity contribution in [2.45, 2.75) is 55.4 Å². The zero-order valence-corrected chi connectivity index (χ0v) is 41.5. The largest absolute Gasteiger partial charge is 1.00 e. The molecule has 4 aromatic carbocycles. The fourth-order valence-electron chi connectivity index (χ4n) is 5.37. The molecule has 0 unspecified atom stereocenters.